The Morgan fingerprint density at radius 2 is 2.42 bits per heavy atom. The molecule has 4 nitrogen and oxygen atoms in total. The van der Waals surface area contributed by atoms with Gasteiger partial charge in [0.2, 0.25) is 0 Å². The molecule has 0 aromatic carbocycles. The van der Waals surface area contributed by atoms with Crippen LogP contribution in [0.3, 0.4) is 0 Å². The standard InChI is InChI=1S/C7H3BrN4/c8-6-4(2-9)1-5-3-10-12-7(5)11-6/h1,3H,(H,10,11,12). The molecule has 0 bridgehead atoms. The molecule has 0 spiro atoms. The predicted octanol–water partition coefficient (Wildman–Crippen LogP) is 1.59. The molecule has 0 atom stereocenters. The smallest absolute Gasteiger partial charge is 0.156 e. The van der Waals surface area contributed by atoms with Crippen LogP contribution in [0.1, 0.15) is 5.56 Å². The molecular weight excluding hydrogens is 220 g/mol. The molecule has 0 saturated heterocycles. The molecule has 0 fully saturated rings. The third kappa shape index (κ3) is 0.970. The van der Waals surface area contributed by atoms with Crippen molar-refractivity contribution in [2.45, 2.75) is 0 Å². The fraction of sp³-hybridized carbons (Fsp3) is 0. The fourth-order valence-corrected chi connectivity index (χ4v) is 1.32. The van der Waals surface area contributed by atoms with Gasteiger partial charge in [0.05, 0.1) is 11.8 Å². The van der Waals surface area contributed by atoms with Gasteiger partial charge in [-0.1, -0.05) is 0 Å². The molecule has 0 amide bonds. The number of aromatic nitrogens is 3. The minimum absolute atomic E-state index is 0.518. The van der Waals surface area contributed by atoms with Crippen LogP contribution in [-0.2, 0) is 0 Å². The Bertz CT molecular complexity index is 468. The first-order chi connectivity index (χ1) is 5.81. The lowest BCUT2D eigenvalue weighted by Gasteiger charge is -1.92. The van der Waals surface area contributed by atoms with Gasteiger partial charge in [-0.15, -0.1) is 0 Å². The summed E-state index contributed by atoms with van der Waals surface area (Å²) >= 11 is 3.18. The van der Waals surface area contributed by atoms with E-state index in [1.54, 1.807) is 12.3 Å². The first-order valence-electron chi connectivity index (χ1n) is 3.21. The van der Waals surface area contributed by atoms with Gasteiger partial charge in [-0.3, -0.25) is 5.10 Å². The molecule has 0 saturated carbocycles. The van der Waals surface area contributed by atoms with Crippen LogP contribution in [0.15, 0.2) is 16.9 Å². The van der Waals surface area contributed by atoms with E-state index in [4.69, 9.17) is 5.26 Å². The Morgan fingerprint density at radius 1 is 1.58 bits per heavy atom. The summed E-state index contributed by atoms with van der Waals surface area (Å²) in [5.74, 6) is 0. The summed E-state index contributed by atoms with van der Waals surface area (Å²) in [5.41, 5.74) is 1.20. The Morgan fingerprint density at radius 3 is 3.17 bits per heavy atom. The number of halogens is 1. The third-order valence-electron chi connectivity index (χ3n) is 1.50. The first-order valence-corrected chi connectivity index (χ1v) is 4.00. The van der Waals surface area contributed by atoms with Crippen LogP contribution >= 0.6 is 15.9 Å². The number of pyridine rings is 1. The van der Waals surface area contributed by atoms with Crippen LogP contribution < -0.4 is 0 Å². The van der Waals surface area contributed by atoms with Gasteiger partial charge in [-0.2, -0.15) is 10.4 Å². The zero-order chi connectivity index (χ0) is 8.55. The SMILES string of the molecule is N#Cc1cc2cn[nH]c2nc1Br. The van der Waals surface area contributed by atoms with E-state index in [1.807, 2.05) is 6.07 Å². The zero-order valence-corrected chi connectivity index (χ0v) is 7.46. The van der Waals surface area contributed by atoms with Crippen LogP contribution in [0.4, 0.5) is 0 Å². The van der Waals surface area contributed by atoms with Crippen molar-refractivity contribution in [3.05, 3.63) is 22.4 Å². The van der Waals surface area contributed by atoms with Crippen molar-refractivity contribution in [2.75, 3.05) is 0 Å². The van der Waals surface area contributed by atoms with Crippen LogP contribution in [-0.4, -0.2) is 15.2 Å². The topological polar surface area (TPSA) is 65.4 Å². The Labute approximate surface area is 76.4 Å². The lowest BCUT2D eigenvalue weighted by Crippen LogP contribution is -1.83. The second kappa shape index (κ2) is 2.57. The van der Waals surface area contributed by atoms with Crippen LogP contribution in [0.2, 0.25) is 0 Å². The van der Waals surface area contributed by atoms with Crippen molar-refractivity contribution in [3.8, 4) is 6.07 Å². The van der Waals surface area contributed by atoms with E-state index in [0.717, 1.165) is 5.39 Å². The minimum atomic E-state index is 0.518. The summed E-state index contributed by atoms with van der Waals surface area (Å²) in [6.45, 7) is 0. The number of nitrogens with zero attached hydrogens (tertiary/aromatic N) is 3. The van der Waals surface area contributed by atoms with Crippen molar-refractivity contribution in [3.63, 3.8) is 0 Å². The molecule has 12 heavy (non-hydrogen) atoms. The molecule has 5 heteroatoms. The Hall–Kier alpha value is -1.41. The zero-order valence-electron chi connectivity index (χ0n) is 5.87. The number of fused-ring (bicyclic) bond motifs is 1. The number of nitriles is 1. The maximum absolute atomic E-state index is 8.66. The summed E-state index contributed by atoms with van der Waals surface area (Å²) in [6, 6.07) is 3.76. The third-order valence-corrected chi connectivity index (χ3v) is 2.10. The molecule has 0 aliphatic heterocycles. The van der Waals surface area contributed by atoms with Crippen molar-refractivity contribution >= 4 is 27.0 Å². The number of rotatable bonds is 0. The van der Waals surface area contributed by atoms with Crippen molar-refractivity contribution in [1.82, 2.24) is 15.2 Å². The molecular formula is C7H3BrN4. The summed E-state index contributed by atoms with van der Waals surface area (Å²) in [7, 11) is 0. The van der Waals surface area contributed by atoms with Gasteiger partial charge in [-0.05, 0) is 22.0 Å². The van der Waals surface area contributed by atoms with Gasteiger partial charge in [0.15, 0.2) is 5.65 Å². The van der Waals surface area contributed by atoms with Gasteiger partial charge in [0, 0.05) is 5.39 Å². The van der Waals surface area contributed by atoms with E-state index in [-0.39, 0.29) is 0 Å². The average Bonchev–Trinajstić information content (AvgIpc) is 2.49. The van der Waals surface area contributed by atoms with Crippen LogP contribution in [0.25, 0.3) is 11.0 Å². The Balaban J connectivity index is 2.84. The molecule has 0 unspecified atom stereocenters. The van der Waals surface area contributed by atoms with Crippen molar-refractivity contribution < 1.29 is 0 Å². The second-order valence-electron chi connectivity index (χ2n) is 2.25. The van der Waals surface area contributed by atoms with E-state index >= 15 is 0 Å². The summed E-state index contributed by atoms with van der Waals surface area (Å²) < 4.78 is 0.543. The highest BCUT2D eigenvalue weighted by Gasteiger charge is 2.03. The number of hydrogen-bond donors (Lipinski definition) is 1. The quantitative estimate of drug-likeness (QED) is 0.689. The van der Waals surface area contributed by atoms with Gasteiger partial charge < -0.3 is 0 Å². The molecule has 2 aromatic heterocycles. The van der Waals surface area contributed by atoms with Gasteiger partial charge in [0.25, 0.3) is 0 Å². The van der Waals surface area contributed by atoms with Crippen LogP contribution in [0.5, 0.6) is 0 Å². The maximum Gasteiger partial charge on any atom is 0.156 e. The minimum Gasteiger partial charge on any atom is -0.261 e. The number of hydrogen-bond acceptors (Lipinski definition) is 3. The van der Waals surface area contributed by atoms with Crippen molar-refractivity contribution in [1.29, 1.82) is 5.26 Å². The molecule has 58 valence electrons. The van der Waals surface area contributed by atoms with E-state index in [2.05, 4.69) is 31.1 Å². The van der Waals surface area contributed by atoms with Gasteiger partial charge in [0.1, 0.15) is 10.7 Å². The summed E-state index contributed by atoms with van der Waals surface area (Å²) in [4.78, 5) is 4.08. The van der Waals surface area contributed by atoms with E-state index < -0.39 is 0 Å². The lowest BCUT2D eigenvalue weighted by atomic mass is 10.2. The predicted molar refractivity (Wildman–Crippen MR) is 46.3 cm³/mol. The molecule has 0 radical (unpaired) electrons. The van der Waals surface area contributed by atoms with E-state index in [1.165, 1.54) is 0 Å². The molecule has 1 N–H and O–H groups in total. The molecule has 2 heterocycles. The van der Waals surface area contributed by atoms with Crippen molar-refractivity contribution in [2.24, 2.45) is 0 Å². The maximum atomic E-state index is 8.66. The van der Waals surface area contributed by atoms with E-state index in [0.29, 0.717) is 15.8 Å². The lowest BCUT2D eigenvalue weighted by molar-refractivity contribution is 1.09. The second-order valence-corrected chi connectivity index (χ2v) is 3.00. The molecule has 0 aliphatic carbocycles. The molecule has 2 aromatic rings. The number of nitrogens with one attached hydrogen (secondary N) is 1. The largest absolute Gasteiger partial charge is 0.261 e. The highest BCUT2D eigenvalue weighted by molar-refractivity contribution is 9.10. The first kappa shape index (κ1) is 7.25. The number of H-pyrrole nitrogens is 1. The highest BCUT2D eigenvalue weighted by atomic mass is 79.9. The molecule has 2 rings (SSSR count). The highest BCUT2D eigenvalue weighted by Crippen LogP contribution is 2.17. The number of aromatic amines is 1. The monoisotopic (exact) mass is 222 g/mol. The summed E-state index contributed by atoms with van der Waals surface area (Å²) in [5, 5.41) is 16.0. The average molecular weight is 223 g/mol. The molecule has 0 aliphatic rings. The Kier molecular flexibility index (Phi) is 1.55. The van der Waals surface area contributed by atoms with Crippen LogP contribution in [0, 0.1) is 11.3 Å². The fourth-order valence-electron chi connectivity index (χ4n) is 0.936. The van der Waals surface area contributed by atoms with Gasteiger partial charge in [-0.25, -0.2) is 4.98 Å². The normalized spacial score (nSPS) is 10.0. The van der Waals surface area contributed by atoms with Gasteiger partial charge >= 0.3 is 0 Å². The van der Waals surface area contributed by atoms with E-state index in [9.17, 15) is 0 Å². The summed E-state index contributed by atoms with van der Waals surface area (Å²) in [6.07, 6.45) is 1.63.